The van der Waals surface area contributed by atoms with E-state index < -0.39 is 11.6 Å². The van der Waals surface area contributed by atoms with Crippen molar-refractivity contribution in [2.45, 2.75) is 0 Å². The van der Waals surface area contributed by atoms with Gasteiger partial charge in [0.05, 0.1) is 50.9 Å². The number of rotatable bonds is 7. The van der Waals surface area contributed by atoms with E-state index in [4.69, 9.17) is 18.9 Å². The van der Waals surface area contributed by atoms with Crippen LogP contribution in [0.25, 0.3) is 28.0 Å². The molecule has 35 heavy (non-hydrogen) atoms. The summed E-state index contributed by atoms with van der Waals surface area (Å²) in [6.07, 6.45) is 0. The molecule has 2 aromatic carbocycles. The molecule has 0 saturated carbocycles. The van der Waals surface area contributed by atoms with Crippen LogP contribution in [0.3, 0.4) is 0 Å². The minimum absolute atomic E-state index is 0.0126. The van der Waals surface area contributed by atoms with Gasteiger partial charge in [0.25, 0.3) is 5.91 Å². The molecular weight excluding hydrogens is 456 g/mol. The fourth-order valence-corrected chi connectivity index (χ4v) is 3.84. The first-order valence-electron chi connectivity index (χ1n) is 10.4. The molecule has 11 nitrogen and oxygen atoms in total. The molecule has 4 aromatic rings. The highest BCUT2D eigenvalue weighted by molar-refractivity contribution is 6.04. The number of nitrogens with one attached hydrogen (secondary N) is 2. The lowest BCUT2D eigenvalue weighted by Crippen LogP contribution is -2.20. The lowest BCUT2D eigenvalue weighted by Gasteiger charge is -2.15. The first-order valence-corrected chi connectivity index (χ1v) is 10.4. The van der Waals surface area contributed by atoms with Gasteiger partial charge in [-0.05, 0) is 24.3 Å². The fraction of sp³-hybridized carbons (Fsp3) is 0.208. The number of phenolic OH excluding ortho intramolecular Hbond substituents is 1. The number of aromatic amines is 1. The van der Waals surface area contributed by atoms with Gasteiger partial charge in [-0.1, -0.05) is 0 Å². The van der Waals surface area contributed by atoms with Gasteiger partial charge < -0.3 is 34.4 Å². The summed E-state index contributed by atoms with van der Waals surface area (Å²) in [6, 6.07) is 9.62. The van der Waals surface area contributed by atoms with Crippen molar-refractivity contribution in [3.05, 3.63) is 52.6 Å². The van der Waals surface area contributed by atoms with Crippen LogP contribution < -0.4 is 30.0 Å². The zero-order valence-corrected chi connectivity index (χ0v) is 19.8. The normalized spacial score (nSPS) is 10.8. The number of imidazole rings is 1. The second-order valence-electron chi connectivity index (χ2n) is 7.37. The molecule has 0 bridgehead atoms. The van der Waals surface area contributed by atoms with Crippen LogP contribution in [0.15, 0.2) is 41.2 Å². The van der Waals surface area contributed by atoms with E-state index in [-0.39, 0.29) is 22.7 Å². The molecule has 3 N–H and O–H groups in total. The Labute approximate surface area is 199 Å². The van der Waals surface area contributed by atoms with E-state index in [1.807, 2.05) is 0 Å². The van der Waals surface area contributed by atoms with Crippen molar-refractivity contribution in [3.8, 4) is 45.7 Å². The van der Waals surface area contributed by atoms with Crippen LogP contribution in [0.5, 0.6) is 28.7 Å². The number of phenols is 1. The van der Waals surface area contributed by atoms with Gasteiger partial charge in [0.15, 0.2) is 28.7 Å². The van der Waals surface area contributed by atoms with E-state index in [0.717, 1.165) is 0 Å². The van der Waals surface area contributed by atoms with Gasteiger partial charge in [0.2, 0.25) is 5.75 Å². The smallest absolute Gasteiger partial charge is 0.331 e. The van der Waals surface area contributed by atoms with Crippen molar-refractivity contribution in [1.82, 2.24) is 19.9 Å². The minimum atomic E-state index is -0.504. The van der Waals surface area contributed by atoms with Gasteiger partial charge >= 0.3 is 5.69 Å². The fourth-order valence-electron chi connectivity index (χ4n) is 3.84. The zero-order chi connectivity index (χ0) is 25.3. The van der Waals surface area contributed by atoms with Crippen LogP contribution in [-0.4, -0.2) is 61.0 Å². The standard InChI is InChI=1S/C24H24N4O7/c1-25-23(30)21-20-15(11-14(26-21)12-6-7-17(32-2)16(29)8-12)28(24(31)27-20)13-9-18(33-3)22(35-5)19(10-13)34-4/h6-11,29H,1-5H3,(H,25,30)(H,27,31). The number of carbonyl (C=O) groups excluding carboxylic acids is 1. The molecule has 0 atom stereocenters. The molecule has 0 unspecified atom stereocenters. The van der Waals surface area contributed by atoms with E-state index in [0.29, 0.717) is 39.7 Å². The van der Waals surface area contributed by atoms with Crippen LogP contribution in [0.2, 0.25) is 0 Å². The Bertz CT molecular complexity index is 1460. The largest absolute Gasteiger partial charge is 0.504 e. The number of fused-ring (bicyclic) bond motifs is 1. The SMILES string of the molecule is CNC(=O)c1nc(-c2ccc(OC)c(O)c2)cc2c1[nH]c(=O)n2-c1cc(OC)c(OC)c(OC)c1. The number of ether oxygens (including phenoxy) is 4. The summed E-state index contributed by atoms with van der Waals surface area (Å²) in [5, 5.41) is 12.8. The van der Waals surface area contributed by atoms with Gasteiger partial charge in [0.1, 0.15) is 0 Å². The van der Waals surface area contributed by atoms with E-state index in [1.54, 1.807) is 30.3 Å². The first kappa shape index (κ1) is 23.5. The number of benzene rings is 2. The van der Waals surface area contributed by atoms with E-state index in [1.165, 1.54) is 46.1 Å². The molecular formula is C24H24N4O7. The number of aromatic nitrogens is 3. The van der Waals surface area contributed by atoms with Crippen LogP contribution in [0.4, 0.5) is 0 Å². The second-order valence-corrected chi connectivity index (χ2v) is 7.37. The maximum Gasteiger partial charge on any atom is 0.331 e. The average molecular weight is 480 g/mol. The minimum Gasteiger partial charge on any atom is -0.504 e. The topological polar surface area (TPSA) is 137 Å². The third-order valence-corrected chi connectivity index (χ3v) is 5.50. The Morgan fingerprint density at radius 2 is 1.63 bits per heavy atom. The monoisotopic (exact) mass is 480 g/mol. The van der Waals surface area contributed by atoms with Crippen LogP contribution in [-0.2, 0) is 0 Å². The molecule has 0 radical (unpaired) electrons. The number of nitrogens with zero attached hydrogens (tertiary/aromatic N) is 2. The Hall–Kier alpha value is -4.67. The molecule has 11 heteroatoms. The highest BCUT2D eigenvalue weighted by atomic mass is 16.5. The highest BCUT2D eigenvalue weighted by Gasteiger charge is 2.22. The lowest BCUT2D eigenvalue weighted by atomic mass is 10.1. The summed E-state index contributed by atoms with van der Waals surface area (Å²) >= 11 is 0. The molecule has 0 fully saturated rings. The third-order valence-electron chi connectivity index (χ3n) is 5.50. The molecule has 1 amide bonds. The Morgan fingerprint density at radius 1 is 0.971 bits per heavy atom. The van der Waals surface area contributed by atoms with Crippen molar-refractivity contribution in [3.63, 3.8) is 0 Å². The molecule has 0 spiro atoms. The van der Waals surface area contributed by atoms with Gasteiger partial charge in [-0.15, -0.1) is 0 Å². The zero-order valence-electron chi connectivity index (χ0n) is 19.8. The molecule has 2 aromatic heterocycles. The van der Waals surface area contributed by atoms with Gasteiger partial charge in [-0.2, -0.15) is 0 Å². The summed E-state index contributed by atoms with van der Waals surface area (Å²) < 4.78 is 22.7. The molecule has 0 aliphatic rings. The maximum absolute atomic E-state index is 13.1. The van der Waals surface area contributed by atoms with E-state index >= 15 is 0 Å². The molecule has 0 aliphatic heterocycles. The van der Waals surface area contributed by atoms with Crippen LogP contribution in [0, 0.1) is 0 Å². The molecule has 0 saturated heterocycles. The third kappa shape index (κ3) is 3.97. The average Bonchev–Trinajstić information content (AvgIpc) is 3.22. The first-order chi connectivity index (χ1) is 16.9. The quantitative estimate of drug-likeness (QED) is 0.367. The van der Waals surface area contributed by atoms with Gasteiger partial charge in [-0.25, -0.2) is 9.78 Å². The summed E-state index contributed by atoms with van der Waals surface area (Å²) in [7, 11) is 7.34. The maximum atomic E-state index is 13.1. The number of H-pyrrole nitrogens is 1. The Balaban J connectivity index is 2.05. The number of hydrogen-bond acceptors (Lipinski definition) is 8. The van der Waals surface area contributed by atoms with Crippen molar-refractivity contribution in [1.29, 1.82) is 0 Å². The van der Waals surface area contributed by atoms with Crippen molar-refractivity contribution < 1.29 is 28.8 Å². The Morgan fingerprint density at radius 3 is 2.17 bits per heavy atom. The number of amides is 1. The highest BCUT2D eigenvalue weighted by Crippen LogP contribution is 2.40. The van der Waals surface area contributed by atoms with Crippen LogP contribution in [0.1, 0.15) is 10.5 Å². The number of carbonyl (C=O) groups is 1. The van der Waals surface area contributed by atoms with E-state index in [9.17, 15) is 14.7 Å². The van der Waals surface area contributed by atoms with E-state index in [2.05, 4.69) is 15.3 Å². The summed E-state index contributed by atoms with van der Waals surface area (Å²) in [4.78, 5) is 33.0. The van der Waals surface area contributed by atoms with Gasteiger partial charge in [0, 0.05) is 24.7 Å². The van der Waals surface area contributed by atoms with Crippen molar-refractivity contribution in [2.24, 2.45) is 0 Å². The molecule has 182 valence electrons. The number of methoxy groups -OCH3 is 4. The molecule has 4 rings (SSSR count). The number of hydrogen-bond donors (Lipinski definition) is 3. The predicted molar refractivity (Wildman–Crippen MR) is 128 cm³/mol. The number of aromatic hydroxyl groups is 1. The summed E-state index contributed by atoms with van der Waals surface area (Å²) in [5.41, 5.74) is 1.41. The summed E-state index contributed by atoms with van der Waals surface area (Å²) in [5.74, 6) is 0.774. The lowest BCUT2D eigenvalue weighted by molar-refractivity contribution is 0.0960. The van der Waals surface area contributed by atoms with Crippen molar-refractivity contribution in [2.75, 3.05) is 35.5 Å². The van der Waals surface area contributed by atoms with Crippen molar-refractivity contribution >= 4 is 16.9 Å². The molecule has 2 heterocycles. The molecule has 0 aliphatic carbocycles. The number of pyridine rings is 1. The second kappa shape index (κ2) is 9.29. The predicted octanol–water partition coefficient (Wildman–Crippen LogP) is 2.48. The van der Waals surface area contributed by atoms with Crippen LogP contribution >= 0.6 is 0 Å². The Kier molecular flexibility index (Phi) is 6.24. The van der Waals surface area contributed by atoms with Gasteiger partial charge in [-0.3, -0.25) is 9.36 Å². The summed E-state index contributed by atoms with van der Waals surface area (Å²) in [6.45, 7) is 0.